The van der Waals surface area contributed by atoms with E-state index in [1.54, 1.807) is 0 Å². The number of quaternary nitrogens is 1. The van der Waals surface area contributed by atoms with E-state index < -0.39 is 24.3 Å². The number of unbranched alkanes of at least 4 members (excludes halogenated alkanes) is 39. The first-order chi connectivity index (χ1) is 38.1. The van der Waals surface area contributed by atoms with E-state index in [1.165, 1.54) is 218 Å². The molecule has 1 N–H and O–H groups in total. The Balaban J connectivity index is 3.93. The third-order valence-electron chi connectivity index (χ3n) is 14.8. The number of nitrogens with zero attached hydrogens (tertiary/aromatic N) is 1. The first-order valence-electron chi connectivity index (χ1n) is 33.3. The van der Waals surface area contributed by atoms with Crippen LogP contribution in [0.4, 0.5) is 0 Å². The van der Waals surface area contributed by atoms with Gasteiger partial charge in [-0.3, -0.25) is 9.59 Å². The molecule has 0 radical (unpaired) electrons. The molecule has 0 bridgehead atoms. The molecular weight excluding hydrogens is 971 g/mol. The lowest BCUT2D eigenvalue weighted by atomic mass is 10.0. The van der Waals surface area contributed by atoms with Crippen LogP contribution in [0.1, 0.15) is 316 Å². The third-order valence-corrected chi connectivity index (χ3v) is 14.8. The Bertz CT molecular complexity index is 1420. The number of carbonyl (C=O) groups excluding carboxylic acids is 2. The summed E-state index contributed by atoms with van der Waals surface area (Å²) in [6, 6.07) is 0. The van der Waals surface area contributed by atoms with Gasteiger partial charge in [-0.1, -0.05) is 281 Å². The van der Waals surface area contributed by atoms with Crippen molar-refractivity contribution < 1.29 is 42.9 Å². The molecule has 0 fully saturated rings. The second-order valence-corrected chi connectivity index (χ2v) is 23.8. The van der Waals surface area contributed by atoms with Crippen LogP contribution < -0.4 is 0 Å². The summed E-state index contributed by atoms with van der Waals surface area (Å²) in [5.41, 5.74) is 0. The predicted octanol–water partition coefficient (Wildman–Crippen LogP) is 20.2. The van der Waals surface area contributed by atoms with Gasteiger partial charge in [0, 0.05) is 12.8 Å². The molecule has 0 aromatic rings. The number of esters is 2. The van der Waals surface area contributed by atoms with Crippen molar-refractivity contribution in [3.05, 3.63) is 48.6 Å². The van der Waals surface area contributed by atoms with Gasteiger partial charge in [0.05, 0.1) is 34.4 Å². The molecule has 2 unspecified atom stereocenters. The van der Waals surface area contributed by atoms with E-state index in [9.17, 15) is 19.5 Å². The van der Waals surface area contributed by atoms with Gasteiger partial charge in [0.25, 0.3) is 6.29 Å². The highest BCUT2D eigenvalue weighted by Crippen LogP contribution is 2.18. The Hall–Kier alpha value is -2.75. The molecule has 456 valence electrons. The highest BCUT2D eigenvalue weighted by atomic mass is 16.7. The van der Waals surface area contributed by atoms with Crippen LogP contribution >= 0.6 is 0 Å². The monoisotopic (exact) mass is 1100 g/mol. The Morgan fingerprint density at radius 3 is 1.05 bits per heavy atom. The van der Waals surface area contributed by atoms with Gasteiger partial charge < -0.3 is 28.5 Å². The zero-order valence-corrected chi connectivity index (χ0v) is 52.1. The maximum absolute atomic E-state index is 12.9. The van der Waals surface area contributed by atoms with Crippen molar-refractivity contribution >= 4 is 17.9 Å². The minimum Gasteiger partial charge on any atom is -0.477 e. The average Bonchev–Trinajstić information content (AvgIpc) is 3.41. The fraction of sp³-hybridized carbons (Fsp3) is 0.841. The molecule has 9 nitrogen and oxygen atoms in total. The van der Waals surface area contributed by atoms with E-state index in [0.29, 0.717) is 11.0 Å². The first kappa shape index (κ1) is 75.2. The number of aliphatic carboxylic acids is 1. The van der Waals surface area contributed by atoms with Crippen LogP contribution in [0.25, 0.3) is 0 Å². The summed E-state index contributed by atoms with van der Waals surface area (Å²) in [6.07, 6.45) is 73.9. The minimum atomic E-state index is -1.51. The van der Waals surface area contributed by atoms with Gasteiger partial charge in [0.15, 0.2) is 6.10 Å². The Kier molecular flexibility index (Phi) is 58.2. The zero-order valence-electron chi connectivity index (χ0n) is 52.1. The number of likely N-dealkylation sites (N-methyl/N-ethyl adjacent to an activating group) is 1. The van der Waals surface area contributed by atoms with Crippen LogP contribution in [0.3, 0.4) is 0 Å². The maximum Gasteiger partial charge on any atom is 0.361 e. The number of hydrogen-bond acceptors (Lipinski definition) is 7. The molecule has 0 amide bonds. The molecule has 9 heteroatoms. The predicted molar refractivity (Wildman–Crippen MR) is 332 cm³/mol. The molecule has 0 aromatic heterocycles. The largest absolute Gasteiger partial charge is 0.477 e. The van der Waals surface area contributed by atoms with Crippen molar-refractivity contribution in [1.82, 2.24) is 0 Å². The van der Waals surface area contributed by atoms with Crippen LogP contribution in [-0.2, 0) is 33.3 Å². The van der Waals surface area contributed by atoms with Crippen molar-refractivity contribution in [2.75, 3.05) is 47.5 Å². The number of carboxylic acid groups (broad SMARTS) is 1. The summed E-state index contributed by atoms with van der Waals surface area (Å²) in [7, 11) is 5.97. The van der Waals surface area contributed by atoms with Crippen molar-refractivity contribution in [3.63, 3.8) is 0 Å². The quantitative estimate of drug-likeness (QED) is 0.0211. The number of hydrogen-bond donors (Lipinski definition) is 1. The smallest absolute Gasteiger partial charge is 0.361 e. The van der Waals surface area contributed by atoms with Gasteiger partial charge >= 0.3 is 17.9 Å². The van der Waals surface area contributed by atoms with E-state index >= 15 is 0 Å². The molecule has 0 aliphatic rings. The summed E-state index contributed by atoms with van der Waals surface area (Å²) in [5.74, 6) is -2.01. The van der Waals surface area contributed by atoms with E-state index in [0.717, 1.165) is 70.6 Å². The van der Waals surface area contributed by atoms with Gasteiger partial charge in [0.1, 0.15) is 13.2 Å². The summed E-state index contributed by atoms with van der Waals surface area (Å²) >= 11 is 0. The molecule has 0 aromatic carbocycles. The highest BCUT2D eigenvalue weighted by Gasteiger charge is 2.25. The molecule has 0 saturated heterocycles. The minimum absolute atomic E-state index is 0.186. The van der Waals surface area contributed by atoms with Crippen LogP contribution in [-0.4, -0.2) is 87.4 Å². The molecule has 0 aliphatic carbocycles. The van der Waals surface area contributed by atoms with Crippen LogP contribution in [0.2, 0.25) is 0 Å². The van der Waals surface area contributed by atoms with Gasteiger partial charge in [-0.15, -0.1) is 0 Å². The molecule has 2 atom stereocenters. The van der Waals surface area contributed by atoms with Crippen LogP contribution in [0.5, 0.6) is 0 Å². The molecule has 0 spiro atoms. The molecule has 0 heterocycles. The second kappa shape index (κ2) is 60.3. The fourth-order valence-electron chi connectivity index (χ4n) is 9.65. The van der Waals surface area contributed by atoms with Gasteiger partial charge in [-0.25, -0.2) is 4.79 Å². The van der Waals surface area contributed by atoms with Crippen molar-refractivity contribution in [3.8, 4) is 0 Å². The fourth-order valence-corrected chi connectivity index (χ4v) is 9.65. The van der Waals surface area contributed by atoms with Gasteiger partial charge in [0.2, 0.25) is 0 Å². The lowest BCUT2D eigenvalue weighted by Crippen LogP contribution is -2.40. The third kappa shape index (κ3) is 60.9. The Morgan fingerprint density at radius 1 is 0.385 bits per heavy atom. The number of carbonyl (C=O) groups is 3. The van der Waals surface area contributed by atoms with Crippen molar-refractivity contribution in [1.29, 1.82) is 0 Å². The lowest BCUT2D eigenvalue weighted by molar-refractivity contribution is -0.870. The van der Waals surface area contributed by atoms with E-state index in [4.69, 9.17) is 18.9 Å². The number of allylic oxidation sites excluding steroid dienone is 8. The summed E-state index contributed by atoms with van der Waals surface area (Å²) in [5, 5.41) is 9.70. The summed E-state index contributed by atoms with van der Waals surface area (Å²) in [6.45, 7) is 4.84. The number of ether oxygens (including phenoxy) is 4. The van der Waals surface area contributed by atoms with Crippen LogP contribution in [0.15, 0.2) is 48.6 Å². The van der Waals surface area contributed by atoms with Crippen molar-refractivity contribution in [2.24, 2.45) is 0 Å². The lowest BCUT2D eigenvalue weighted by Gasteiger charge is -2.25. The average molecular weight is 1100 g/mol. The SMILES string of the molecule is CCCC/C=C\C/C=C\CCCCCCCC(=O)OCC(COC(OCC[N+](C)(C)C)C(=O)O)OC(=O)CCCCCCCCCCCCCCCCCCCCCCCCCCCCC/C=C\C/C=C\CCCCCCC. The van der Waals surface area contributed by atoms with Crippen molar-refractivity contribution in [2.45, 2.75) is 328 Å². The normalized spacial score (nSPS) is 13.0. The Morgan fingerprint density at radius 2 is 0.705 bits per heavy atom. The van der Waals surface area contributed by atoms with E-state index in [2.05, 4.69) is 62.5 Å². The number of carboxylic acids is 1. The molecule has 0 rings (SSSR count). The van der Waals surface area contributed by atoms with Crippen LogP contribution in [0, 0.1) is 0 Å². The molecule has 0 saturated carbocycles. The topological polar surface area (TPSA) is 108 Å². The Labute approximate surface area is 482 Å². The van der Waals surface area contributed by atoms with E-state index in [-0.39, 0.29) is 38.6 Å². The van der Waals surface area contributed by atoms with E-state index in [1.807, 2.05) is 21.1 Å². The second-order valence-electron chi connectivity index (χ2n) is 23.8. The zero-order chi connectivity index (χ0) is 56.9. The standard InChI is InChI=1S/C69H127NO8/c1-6-8-10-12-14-16-18-20-22-23-24-25-26-27-28-29-30-31-32-33-34-35-36-37-38-39-40-41-42-43-44-45-46-48-50-52-54-56-58-60-67(72)78-65(64-77-69(68(73)74)75-62-61-70(3,4)5)63-76-66(71)59-57-55-53-51-49-47-21-19-17-15-13-11-9-7-2/h13,15,18-21,23-24,65,69H,6-12,14,16-17,22,25-64H2,1-5H3/p+1/b15-13-,20-18-,21-19-,24-23-. The summed E-state index contributed by atoms with van der Waals surface area (Å²) < 4.78 is 22.9. The molecule has 0 aliphatic heterocycles. The maximum atomic E-state index is 12.9. The summed E-state index contributed by atoms with van der Waals surface area (Å²) in [4.78, 5) is 37.4. The highest BCUT2D eigenvalue weighted by molar-refractivity contribution is 5.71. The number of rotatable bonds is 62. The van der Waals surface area contributed by atoms with Gasteiger partial charge in [-0.05, 0) is 70.6 Å². The molecular formula is C69H128NO8+. The van der Waals surface area contributed by atoms with Gasteiger partial charge in [-0.2, -0.15) is 0 Å². The molecule has 78 heavy (non-hydrogen) atoms. The first-order valence-corrected chi connectivity index (χ1v) is 33.3.